The summed E-state index contributed by atoms with van der Waals surface area (Å²) >= 11 is 0. The molecular formula is C29H40N8O8. The highest BCUT2D eigenvalue weighted by molar-refractivity contribution is 5.94. The molecule has 0 radical (unpaired) electrons. The van der Waals surface area contributed by atoms with Crippen LogP contribution in [0.5, 0.6) is 11.5 Å². The lowest BCUT2D eigenvalue weighted by molar-refractivity contribution is -0.142. The quantitative estimate of drug-likeness (QED) is 0.0492. The Kier molecular flexibility index (Phi) is 14.1. The Hall–Kier alpha value is -5.38. The Balaban J connectivity index is 2.29. The van der Waals surface area contributed by atoms with Crippen molar-refractivity contribution in [3.05, 3.63) is 59.7 Å². The van der Waals surface area contributed by atoms with Gasteiger partial charge in [-0.2, -0.15) is 0 Å². The molecule has 0 unspecified atom stereocenters. The summed E-state index contributed by atoms with van der Waals surface area (Å²) < 4.78 is 0. The molecule has 0 fully saturated rings. The number of hydrogen-bond acceptors (Lipinski definition) is 9. The van der Waals surface area contributed by atoms with Crippen LogP contribution in [-0.2, 0) is 36.8 Å². The molecule has 0 aliphatic carbocycles. The molecule has 0 aliphatic rings. The summed E-state index contributed by atoms with van der Waals surface area (Å²) in [4.78, 5) is 66.7. The summed E-state index contributed by atoms with van der Waals surface area (Å²) in [5.74, 6) is -4.54. The number of nitrogens with two attached hydrogens (primary N) is 4. The van der Waals surface area contributed by atoms with E-state index >= 15 is 0 Å². The number of hydrogen-bond donors (Lipinski definition) is 10. The largest absolute Gasteiger partial charge is 0.508 e. The number of rotatable bonds is 18. The van der Waals surface area contributed by atoms with Crippen LogP contribution in [-0.4, -0.2) is 81.6 Å². The second-order valence-electron chi connectivity index (χ2n) is 10.3. The molecule has 0 spiro atoms. The highest BCUT2D eigenvalue weighted by Gasteiger charge is 2.30. The van der Waals surface area contributed by atoms with E-state index in [2.05, 4.69) is 20.9 Å². The highest BCUT2D eigenvalue weighted by atomic mass is 16.4. The van der Waals surface area contributed by atoms with Gasteiger partial charge in [0.15, 0.2) is 5.96 Å². The number of nitrogens with one attached hydrogen (secondary N) is 3. The Morgan fingerprint density at radius 1 is 0.689 bits per heavy atom. The zero-order chi connectivity index (χ0) is 33.5. The molecule has 0 heterocycles. The first kappa shape index (κ1) is 35.8. The van der Waals surface area contributed by atoms with Gasteiger partial charge in [-0.25, -0.2) is 4.79 Å². The number of nitrogens with zero attached hydrogens (tertiary/aromatic N) is 1. The molecule has 2 aromatic carbocycles. The third-order valence-electron chi connectivity index (χ3n) is 6.62. The summed E-state index contributed by atoms with van der Waals surface area (Å²) in [6.45, 7) is 0.130. The fourth-order valence-corrected chi connectivity index (χ4v) is 4.17. The van der Waals surface area contributed by atoms with Gasteiger partial charge in [0.05, 0.1) is 6.04 Å². The van der Waals surface area contributed by atoms with Gasteiger partial charge in [0.2, 0.25) is 23.6 Å². The number of primary amides is 1. The molecule has 4 amide bonds. The third-order valence-corrected chi connectivity index (χ3v) is 6.62. The van der Waals surface area contributed by atoms with E-state index in [9.17, 15) is 39.3 Å². The van der Waals surface area contributed by atoms with E-state index in [1.807, 2.05) is 0 Å². The molecule has 14 N–H and O–H groups in total. The average molecular weight is 629 g/mol. The summed E-state index contributed by atoms with van der Waals surface area (Å²) in [6, 6.07) is 6.53. The number of carboxylic acid groups (broad SMARTS) is 1. The zero-order valence-corrected chi connectivity index (χ0v) is 24.5. The van der Waals surface area contributed by atoms with Crippen LogP contribution in [0.2, 0.25) is 0 Å². The van der Waals surface area contributed by atoms with Crippen LogP contribution in [0.3, 0.4) is 0 Å². The van der Waals surface area contributed by atoms with Gasteiger partial charge in [-0.15, -0.1) is 0 Å². The predicted molar refractivity (Wildman–Crippen MR) is 163 cm³/mol. The second kappa shape index (κ2) is 17.7. The van der Waals surface area contributed by atoms with Gasteiger partial charge in [-0.05, 0) is 54.7 Å². The third kappa shape index (κ3) is 13.2. The Labute approximate surface area is 259 Å². The van der Waals surface area contributed by atoms with Crippen molar-refractivity contribution < 1.29 is 39.3 Å². The van der Waals surface area contributed by atoms with Gasteiger partial charge in [-0.3, -0.25) is 24.2 Å². The van der Waals surface area contributed by atoms with Crippen molar-refractivity contribution in [2.75, 3.05) is 6.54 Å². The van der Waals surface area contributed by atoms with Crippen LogP contribution < -0.4 is 38.9 Å². The molecule has 16 nitrogen and oxygen atoms in total. The standard InChI is InChI=1S/C29H40N8O8/c30-20(11-12-24(31)40)25(41)35-21(2-1-13-34-29(32)33)26(42)36-22(14-16-3-7-18(38)8-4-16)27(43)37-23(28(44)45)15-17-5-9-19(39)10-6-17/h3-10,20-23,38-39H,1-2,11-15,30H2,(H2,31,40)(H,35,41)(H,36,42)(H,37,43)(H,44,45)(H4,32,33,34)/t20-,21-,22-,23-/m0/s1. The zero-order valence-electron chi connectivity index (χ0n) is 24.5. The number of phenols is 2. The lowest BCUT2D eigenvalue weighted by Crippen LogP contribution is -2.57. The Morgan fingerprint density at radius 2 is 1.16 bits per heavy atom. The molecule has 0 aliphatic heterocycles. The Bertz CT molecular complexity index is 1350. The summed E-state index contributed by atoms with van der Waals surface area (Å²) in [6.07, 6.45) is -0.158. The van der Waals surface area contributed by atoms with E-state index in [0.29, 0.717) is 11.1 Å². The Morgan fingerprint density at radius 3 is 1.64 bits per heavy atom. The summed E-state index contributed by atoms with van der Waals surface area (Å²) in [5, 5.41) is 36.5. The van der Waals surface area contributed by atoms with Crippen LogP contribution in [0.25, 0.3) is 0 Å². The number of aliphatic imine (C=N–C) groups is 1. The van der Waals surface area contributed by atoms with E-state index in [1.165, 1.54) is 48.5 Å². The van der Waals surface area contributed by atoms with Crippen LogP contribution in [0.4, 0.5) is 0 Å². The molecule has 2 aromatic rings. The number of carbonyl (C=O) groups is 5. The minimum Gasteiger partial charge on any atom is -0.508 e. The normalized spacial score (nSPS) is 13.4. The average Bonchev–Trinajstić information content (AvgIpc) is 2.98. The predicted octanol–water partition coefficient (Wildman–Crippen LogP) is -1.93. The SMILES string of the molecule is NC(=O)CC[C@H](N)C(=O)N[C@@H](CCCN=C(N)N)C(=O)N[C@@H](Cc1ccc(O)cc1)C(=O)N[C@@H](Cc1ccc(O)cc1)C(=O)O. The maximum Gasteiger partial charge on any atom is 0.326 e. The fourth-order valence-electron chi connectivity index (χ4n) is 4.17. The van der Waals surface area contributed by atoms with Gasteiger partial charge in [0.1, 0.15) is 29.6 Å². The van der Waals surface area contributed by atoms with E-state index in [0.717, 1.165) is 0 Å². The van der Waals surface area contributed by atoms with Gasteiger partial charge in [-0.1, -0.05) is 24.3 Å². The number of phenolic OH excluding ortho intramolecular Hbond substituents is 2. The molecule has 0 aromatic heterocycles. The molecule has 0 bridgehead atoms. The van der Waals surface area contributed by atoms with Crippen molar-refractivity contribution in [1.29, 1.82) is 0 Å². The molecule has 0 saturated carbocycles. The first-order valence-electron chi connectivity index (χ1n) is 14.0. The molecular weight excluding hydrogens is 588 g/mol. The number of aliphatic carboxylic acids is 1. The number of carboxylic acids is 1. The first-order chi connectivity index (χ1) is 21.2. The maximum absolute atomic E-state index is 13.5. The van der Waals surface area contributed by atoms with Crippen molar-refractivity contribution in [3.63, 3.8) is 0 Å². The first-order valence-corrected chi connectivity index (χ1v) is 14.0. The van der Waals surface area contributed by atoms with Gasteiger partial charge < -0.3 is 54.2 Å². The summed E-state index contributed by atoms with van der Waals surface area (Å²) in [5.41, 5.74) is 22.8. The number of benzene rings is 2. The fraction of sp³-hybridized carbons (Fsp3) is 0.379. The van der Waals surface area contributed by atoms with E-state index < -0.39 is 53.8 Å². The van der Waals surface area contributed by atoms with Gasteiger partial charge >= 0.3 is 5.97 Å². The smallest absolute Gasteiger partial charge is 0.326 e. The van der Waals surface area contributed by atoms with Crippen LogP contribution in [0.1, 0.15) is 36.8 Å². The molecule has 0 saturated heterocycles. The molecule has 16 heteroatoms. The van der Waals surface area contributed by atoms with Crippen molar-refractivity contribution >= 4 is 35.6 Å². The minimum absolute atomic E-state index is 0.0138. The summed E-state index contributed by atoms with van der Waals surface area (Å²) in [7, 11) is 0. The van der Waals surface area contributed by atoms with E-state index in [1.54, 1.807) is 0 Å². The minimum atomic E-state index is -1.39. The monoisotopic (exact) mass is 628 g/mol. The van der Waals surface area contributed by atoms with Crippen molar-refractivity contribution in [1.82, 2.24) is 16.0 Å². The lowest BCUT2D eigenvalue weighted by Gasteiger charge is -2.25. The topological polar surface area (TPSA) is 299 Å². The van der Waals surface area contributed by atoms with Crippen LogP contribution >= 0.6 is 0 Å². The van der Waals surface area contributed by atoms with E-state index in [-0.39, 0.29) is 62.5 Å². The van der Waals surface area contributed by atoms with Crippen LogP contribution in [0.15, 0.2) is 53.5 Å². The van der Waals surface area contributed by atoms with Gasteiger partial charge in [0.25, 0.3) is 0 Å². The van der Waals surface area contributed by atoms with Crippen molar-refractivity contribution in [2.45, 2.75) is 62.7 Å². The maximum atomic E-state index is 13.5. The molecule has 2 rings (SSSR count). The number of aromatic hydroxyl groups is 2. The van der Waals surface area contributed by atoms with E-state index in [4.69, 9.17) is 22.9 Å². The number of carbonyl (C=O) groups excluding carboxylic acids is 4. The van der Waals surface area contributed by atoms with Gasteiger partial charge in [0, 0.05) is 25.8 Å². The molecule has 45 heavy (non-hydrogen) atoms. The van der Waals surface area contributed by atoms with Crippen LogP contribution in [0, 0.1) is 0 Å². The van der Waals surface area contributed by atoms with Crippen molar-refractivity contribution in [2.24, 2.45) is 27.9 Å². The molecule has 244 valence electrons. The molecule has 4 atom stereocenters. The lowest BCUT2D eigenvalue weighted by atomic mass is 10.0. The second-order valence-corrected chi connectivity index (χ2v) is 10.3. The number of guanidine groups is 1. The highest BCUT2D eigenvalue weighted by Crippen LogP contribution is 2.14. The van der Waals surface area contributed by atoms with Crippen molar-refractivity contribution in [3.8, 4) is 11.5 Å². The number of amides is 4.